The van der Waals surface area contributed by atoms with Gasteiger partial charge >= 0.3 is 5.97 Å². The van der Waals surface area contributed by atoms with Gasteiger partial charge in [-0.15, -0.1) is 11.3 Å². The van der Waals surface area contributed by atoms with E-state index in [1.54, 1.807) is 36.7 Å². The number of halogens is 2. The zero-order valence-corrected chi connectivity index (χ0v) is 24.6. The molecule has 43 heavy (non-hydrogen) atoms. The van der Waals surface area contributed by atoms with E-state index in [9.17, 15) is 18.5 Å². The number of anilines is 1. The molecule has 0 amide bonds. The predicted molar refractivity (Wildman–Crippen MR) is 157 cm³/mol. The molecule has 0 aliphatic heterocycles. The number of carboxylic acids is 1. The van der Waals surface area contributed by atoms with E-state index in [-0.39, 0.29) is 23.4 Å². The summed E-state index contributed by atoms with van der Waals surface area (Å²) in [6.45, 7) is 3.43. The van der Waals surface area contributed by atoms with Gasteiger partial charge in [-0.25, -0.2) is 27.5 Å². The van der Waals surface area contributed by atoms with Crippen LogP contribution in [0.1, 0.15) is 51.6 Å². The van der Waals surface area contributed by atoms with Crippen molar-refractivity contribution in [1.82, 2.24) is 19.9 Å². The number of aromatic nitrogens is 4. The Morgan fingerprint density at radius 1 is 1.19 bits per heavy atom. The number of hydrogen-bond acceptors (Lipinski definition) is 7. The van der Waals surface area contributed by atoms with Gasteiger partial charge in [-0.05, 0) is 74.9 Å². The molecule has 1 saturated carbocycles. The van der Waals surface area contributed by atoms with Crippen LogP contribution in [0.2, 0.25) is 0 Å². The summed E-state index contributed by atoms with van der Waals surface area (Å²) in [5.74, 6) is -1.47. The standard InChI is InChI=1S/C29H25F2N5O5S2/c1-14-26(15(2)41-34-14)19-12-18(6-7-21(19)30)27-20(9-17-5-8-23(22(31)10-17)35-43(39)40)24(11-16-3-4-16)33-36(27)29-32-25(13-42-29)28(37)38/h5-8,10,12-13,16,35H,3-4,9,11H2,1-2H3,(H,37,38)(H,39,40). The largest absolute Gasteiger partial charge is 0.476 e. The predicted octanol–water partition coefficient (Wildman–Crippen LogP) is 6.34. The van der Waals surface area contributed by atoms with Gasteiger partial charge in [0.1, 0.15) is 17.4 Å². The number of aromatic carboxylic acids is 1. The number of thiazole rings is 1. The van der Waals surface area contributed by atoms with E-state index in [0.29, 0.717) is 51.3 Å². The fourth-order valence-corrected chi connectivity index (χ4v) is 6.22. The van der Waals surface area contributed by atoms with Gasteiger partial charge in [0.2, 0.25) is 5.13 Å². The lowest BCUT2D eigenvalue weighted by atomic mass is 9.94. The van der Waals surface area contributed by atoms with Gasteiger partial charge in [0, 0.05) is 28.5 Å². The lowest BCUT2D eigenvalue weighted by Gasteiger charge is -2.12. The molecule has 6 rings (SSSR count). The van der Waals surface area contributed by atoms with Crippen LogP contribution in [0.4, 0.5) is 14.5 Å². The molecule has 14 heteroatoms. The summed E-state index contributed by atoms with van der Waals surface area (Å²) in [4.78, 5) is 15.9. The number of carbonyl (C=O) groups is 1. The molecule has 1 fully saturated rings. The first kappa shape index (κ1) is 28.8. The number of aryl methyl sites for hydroxylation is 2. The van der Waals surface area contributed by atoms with Crippen molar-refractivity contribution in [2.24, 2.45) is 5.92 Å². The second-order valence-corrected chi connectivity index (χ2v) is 11.9. The van der Waals surface area contributed by atoms with E-state index < -0.39 is 28.9 Å². The Bertz CT molecular complexity index is 1880. The van der Waals surface area contributed by atoms with Crippen molar-refractivity contribution in [1.29, 1.82) is 0 Å². The van der Waals surface area contributed by atoms with Crippen molar-refractivity contribution in [3.63, 3.8) is 0 Å². The van der Waals surface area contributed by atoms with Crippen LogP contribution in [0.15, 0.2) is 46.3 Å². The quantitative estimate of drug-likeness (QED) is 0.153. The summed E-state index contributed by atoms with van der Waals surface area (Å²) < 4.78 is 59.5. The molecule has 0 saturated heterocycles. The molecule has 3 N–H and O–H groups in total. The normalized spacial score (nSPS) is 13.8. The Morgan fingerprint density at radius 2 is 1.98 bits per heavy atom. The average molecular weight is 626 g/mol. The van der Waals surface area contributed by atoms with Gasteiger partial charge in [0.05, 0.1) is 28.3 Å². The highest BCUT2D eigenvalue weighted by Crippen LogP contribution is 2.40. The van der Waals surface area contributed by atoms with Gasteiger partial charge in [-0.2, -0.15) is 5.10 Å². The summed E-state index contributed by atoms with van der Waals surface area (Å²) in [6, 6.07) is 8.95. The molecule has 3 heterocycles. The smallest absolute Gasteiger partial charge is 0.355 e. The summed E-state index contributed by atoms with van der Waals surface area (Å²) >= 11 is -1.32. The highest BCUT2D eigenvalue weighted by atomic mass is 32.2. The molecule has 5 aromatic rings. The molecule has 10 nitrogen and oxygen atoms in total. The first-order chi connectivity index (χ1) is 20.6. The van der Waals surface area contributed by atoms with Gasteiger partial charge in [0.25, 0.3) is 11.3 Å². The third kappa shape index (κ3) is 5.85. The topological polar surface area (TPSA) is 143 Å². The number of rotatable bonds is 10. The van der Waals surface area contributed by atoms with Gasteiger partial charge in [-0.1, -0.05) is 11.2 Å². The summed E-state index contributed by atoms with van der Waals surface area (Å²) in [7, 11) is 0. The molecule has 0 bridgehead atoms. The Balaban J connectivity index is 1.55. The van der Waals surface area contributed by atoms with Gasteiger partial charge in [0.15, 0.2) is 5.69 Å². The Kier molecular flexibility index (Phi) is 7.66. The van der Waals surface area contributed by atoms with Gasteiger partial charge < -0.3 is 9.63 Å². The number of nitrogens with zero attached hydrogens (tertiary/aromatic N) is 4. The fraction of sp³-hybridized carbons (Fsp3) is 0.241. The molecule has 0 spiro atoms. The van der Waals surface area contributed by atoms with E-state index in [0.717, 1.165) is 35.4 Å². The minimum atomic E-state index is -2.44. The Morgan fingerprint density at radius 3 is 2.60 bits per heavy atom. The zero-order valence-electron chi connectivity index (χ0n) is 22.9. The van der Waals surface area contributed by atoms with Crippen LogP contribution in [0.3, 0.4) is 0 Å². The minimum Gasteiger partial charge on any atom is -0.476 e. The van der Waals surface area contributed by atoms with Crippen molar-refractivity contribution in [3.8, 4) is 27.5 Å². The lowest BCUT2D eigenvalue weighted by Crippen LogP contribution is -2.05. The van der Waals surface area contributed by atoms with Crippen LogP contribution in [0, 0.1) is 31.4 Å². The molecular formula is C29H25F2N5O5S2. The van der Waals surface area contributed by atoms with Crippen molar-refractivity contribution in [2.45, 2.75) is 39.5 Å². The third-order valence-corrected chi connectivity index (χ3v) is 8.50. The van der Waals surface area contributed by atoms with Crippen molar-refractivity contribution >= 4 is 34.3 Å². The first-order valence-corrected chi connectivity index (χ1v) is 15.3. The molecule has 3 aromatic heterocycles. The molecule has 1 atom stereocenters. The van der Waals surface area contributed by atoms with Crippen LogP contribution >= 0.6 is 11.3 Å². The summed E-state index contributed by atoms with van der Waals surface area (Å²) in [6.07, 6.45) is 2.96. The second-order valence-electron chi connectivity index (χ2n) is 10.4. The molecule has 222 valence electrons. The molecule has 2 aromatic carbocycles. The minimum absolute atomic E-state index is 0.120. The van der Waals surface area contributed by atoms with E-state index in [1.165, 1.54) is 23.6 Å². The maximum absolute atomic E-state index is 15.3. The number of hydrogen-bond donors (Lipinski definition) is 3. The average Bonchev–Trinajstić information content (AvgIpc) is 3.35. The first-order valence-electron chi connectivity index (χ1n) is 13.3. The molecular weight excluding hydrogens is 600 g/mol. The highest BCUT2D eigenvalue weighted by Gasteiger charge is 2.29. The maximum Gasteiger partial charge on any atom is 0.355 e. The summed E-state index contributed by atoms with van der Waals surface area (Å²) in [5, 5.41) is 20.1. The highest BCUT2D eigenvalue weighted by molar-refractivity contribution is 7.80. The van der Waals surface area contributed by atoms with E-state index in [2.05, 4.69) is 14.9 Å². The van der Waals surface area contributed by atoms with Crippen LogP contribution in [-0.4, -0.2) is 39.8 Å². The van der Waals surface area contributed by atoms with Crippen LogP contribution in [0.5, 0.6) is 0 Å². The van der Waals surface area contributed by atoms with E-state index in [4.69, 9.17) is 14.2 Å². The van der Waals surface area contributed by atoms with E-state index in [1.807, 2.05) is 0 Å². The summed E-state index contributed by atoms with van der Waals surface area (Å²) in [5.41, 5.74) is 4.29. The molecule has 1 aliphatic rings. The number of nitrogens with one attached hydrogen (secondary N) is 1. The maximum atomic E-state index is 15.3. The van der Waals surface area contributed by atoms with Crippen LogP contribution in [-0.2, 0) is 24.1 Å². The van der Waals surface area contributed by atoms with E-state index >= 15 is 4.39 Å². The second kappa shape index (κ2) is 11.4. The Labute approximate surface area is 250 Å². The molecule has 1 aliphatic carbocycles. The molecule has 1 unspecified atom stereocenters. The van der Waals surface area contributed by atoms with Crippen molar-refractivity contribution in [2.75, 3.05) is 4.72 Å². The fourth-order valence-electron chi connectivity index (χ4n) is 5.12. The third-order valence-electron chi connectivity index (χ3n) is 7.29. The zero-order chi connectivity index (χ0) is 30.4. The van der Waals surface area contributed by atoms with Gasteiger partial charge in [-0.3, -0.25) is 9.27 Å². The SMILES string of the molecule is Cc1noc(C)c1-c1cc(-c2c(Cc3ccc(NS(=O)O)c(F)c3)c(CC3CC3)nn2-c2nc(C(=O)O)cs2)ccc1F. The Hall–Kier alpha value is -4.27. The van der Waals surface area contributed by atoms with Crippen molar-refractivity contribution in [3.05, 3.63) is 87.4 Å². The monoisotopic (exact) mass is 625 g/mol. The van der Waals surface area contributed by atoms with Crippen LogP contribution < -0.4 is 4.72 Å². The number of benzene rings is 2. The number of carboxylic acid groups (broad SMARTS) is 1. The van der Waals surface area contributed by atoms with Crippen LogP contribution in [0.25, 0.3) is 27.5 Å². The lowest BCUT2D eigenvalue weighted by molar-refractivity contribution is 0.0691. The molecule has 0 radical (unpaired) electrons. The van der Waals surface area contributed by atoms with Crippen molar-refractivity contribution < 1.29 is 32.0 Å².